The van der Waals surface area contributed by atoms with Gasteiger partial charge in [-0.15, -0.1) is 0 Å². The van der Waals surface area contributed by atoms with Gasteiger partial charge in [0.05, 0.1) is 0 Å². The number of hydrogen-bond donors (Lipinski definition) is 0. The first-order valence-corrected chi connectivity index (χ1v) is 9.61. The summed E-state index contributed by atoms with van der Waals surface area (Å²) in [6.45, 7) is 4.74. The molecule has 0 saturated carbocycles. The third-order valence-corrected chi connectivity index (χ3v) is 5.48. The van der Waals surface area contributed by atoms with Crippen LogP contribution in [0.5, 0.6) is 0 Å². The molecule has 0 N–H and O–H groups in total. The highest BCUT2D eigenvalue weighted by molar-refractivity contribution is 7.99. The molecule has 0 radical (unpaired) electrons. The van der Waals surface area contributed by atoms with Gasteiger partial charge in [0.2, 0.25) is 0 Å². The highest BCUT2D eigenvalue weighted by Crippen LogP contribution is 2.32. The van der Waals surface area contributed by atoms with Crippen LogP contribution in [-0.4, -0.2) is 23.0 Å². The van der Waals surface area contributed by atoms with E-state index in [1.165, 1.54) is 55.7 Å². The van der Waals surface area contributed by atoms with E-state index in [9.17, 15) is 0 Å². The Bertz CT molecular complexity index is 582. The Hall–Kier alpha value is -1.32. The van der Waals surface area contributed by atoms with E-state index in [-0.39, 0.29) is 0 Å². The van der Waals surface area contributed by atoms with Gasteiger partial charge in [0.25, 0.3) is 0 Å². The number of benzene rings is 1. The van der Waals surface area contributed by atoms with Gasteiger partial charge in [-0.3, -0.25) is 4.90 Å². The number of likely N-dealkylation sites (tertiary alicyclic amines) is 1. The molecule has 1 aliphatic rings. The van der Waals surface area contributed by atoms with Crippen molar-refractivity contribution >= 4 is 11.8 Å². The number of nitrogens with zero attached hydrogens (tertiary/aromatic N) is 2. The van der Waals surface area contributed by atoms with Crippen molar-refractivity contribution in [2.24, 2.45) is 0 Å². The summed E-state index contributed by atoms with van der Waals surface area (Å²) in [5.41, 5.74) is 1.39. The van der Waals surface area contributed by atoms with Crippen LogP contribution in [0.15, 0.2) is 58.6 Å². The molecular weight excluding hydrogens is 300 g/mol. The van der Waals surface area contributed by atoms with Gasteiger partial charge in [-0.1, -0.05) is 55.8 Å². The summed E-state index contributed by atoms with van der Waals surface area (Å²) in [4.78, 5) is 8.61. The molecule has 1 fully saturated rings. The number of unbranched alkanes of at least 4 members (excludes halogenated alkanes) is 1. The topological polar surface area (TPSA) is 16.1 Å². The predicted octanol–water partition coefficient (Wildman–Crippen LogP) is 5.56. The maximum Gasteiger partial charge on any atom is 0.101 e. The maximum atomic E-state index is 4.70. The second-order valence-electron chi connectivity index (χ2n) is 6.25. The Morgan fingerprint density at radius 2 is 2.00 bits per heavy atom. The number of pyridine rings is 1. The van der Waals surface area contributed by atoms with E-state index in [2.05, 4.69) is 60.5 Å². The fourth-order valence-corrected chi connectivity index (χ4v) is 4.03. The zero-order valence-electron chi connectivity index (χ0n) is 13.9. The fourth-order valence-electron chi connectivity index (χ4n) is 3.26. The van der Waals surface area contributed by atoms with Crippen LogP contribution < -0.4 is 0 Å². The van der Waals surface area contributed by atoms with Crippen LogP contribution in [0.1, 0.15) is 50.6 Å². The Morgan fingerprint density at radius 1 is 1.13 bits per heavy atom. The Kier molecular flexibility index (Phi) is 6.12. The highest BCUT2D eigenvalue weighted by atomic mass is 32.2. The van der Waals surface area contributed by atoms with Crippen molar-refractivity contribution in [1.82, 2.24) is 9.88 Å². The van der Waals surface area contributed by atoms with Crippen molar-refractivity contribution in [1.29, 1.82) is 0 Å². The van der Waals surface area contributed by atoms with Gasteiger partial charge in [0, 0.05) is 17.1 Å². The molecule has 0 aliphatic carbocycles. The molecule has 1 atom stereocenters. The molecule has 23 heavy (non-hydrogen) atoms. The normalized spacial score (nSPS) is 18.9. The Labute approximate surface area is 144 Å². The minimum atomic E-state index is 0.568. The minimum absolute atomic E-state index is 0.568. The average Bonchev–Trinajstić information content (AvgIpc) is 2.62. The van der Waals surface area contributed by atoms with Gasteiger partial charge < -0.3 is 0 Å². The van der Waals surface area contributed by atoms with E-state index >= 15 is 0 Å². The lowest BCUT2D eigenvalue weighted by atomic mass is 9.96. The van der Waals surface area contributed by atoms with Crippen LogP contribution in [0.4, 0.5) is 0 Å². The molecule has 1 aliphatic heterocycles. The van der Waals surface area contributed by atoms with Crippen LogP contribution >= 0.6 is 11.8 Å². The summed E-state index contributed by atoms with van der Waals surface area (Å²) in [5, 5.41) is 1.08. The largest absolute Gasteiger partial charge is 0.296 e. The molecule has 2 heterocycles. The van der Waals surface area contributed by atoms with Crippen LogP contribution in [0.25, 0.3) is 0 Å². The third kappa shape index (κ3) is 4.58. The molecule has 1 aromatic carbocycles. The lowest BCUT2D eigenvalue weighted by Gasteiger charge is -2.35. The zero-order valence-corrected chi connectivity index (χ0v) is 14.8. The quantitative estimate of drug-likeness (QED) is 0.691. The smallest absolute Gasteiger partial charge is 0.101 e. The van der Waals surface area contributed by atoms with Crippen molar-refractivity contribution in [2.75, 3.05) is 13.1 Å². The molecule has 0 amide bonds. The Morgan fingerprint density at radius 3 is 2.74 bits per heavy atom. The molecule has 2 aromatic rings. The van der Waals surface area contributed by atoms with Crippen molar-refractivity contribution in [3.05, 3.63) is 54.2 Å². The summed E-state index contributed by atoms with van der Waals surface area (Å²) in [5.74, 6) is 0. The van der Waals surface area contributed by atoms with Gasteiger partial charge in [-0.05, 0) is 56.1 Å². The molecule has 3 heteroatoms. The van der Waals surface area contributed by atoms with E-state index in [4.69, 9.17) is 4.98 Å². The highest BCUT2D eigenvalue weighted by Gasteiger charge is 2.23. The molecule has 1 aromatic heterocycles. The van der Waals surface area contributed by atoms with Crippen molar-refractivity contribution < 1.29 is 0 Å². The van der Waals surface area contributed by atoms with Crippen LogP contribution in [-0.2, 0) is 0 Å². The van der Waals surface area contributed by atoms with Gasteiger partial charge in [-0.25, -0.2) is 4.98 Å². The van der Waals surface area contributed by atoms with Gasteiger partial charge in [-0.2, -0.15) is 0 Å². The summed E-state index contributed by atoms with van der Waals surface area (Å²) in [7, 11) is 0. The molecule has 1 unspecified atom stereocenters. The van der Waals surface area contributed by atoms with Crippen LogP contribution in [0.2, 0.25) is 0 Å². The summed E-state index contributed by atoms with van der Waals surface area (Å²) in [6.07, 6.45) is 8.63. The lowest BCUT2D eigenvalue weighted by Crippen LogP contribution is -2.34. The molecular formula is C20H26N2S. The van der Waals surface area contributed by atoms with Crippen molar-refractivity contribution in [3.8, 4) is 0 Å². The molecule has 3 rings (SSSR count). The van der Waals surface area contributed by atoms with E-state index in [1.807, 2.05) is 0 Å². The minimum Gasteiger partial charge on any atom is -0.296 e. The summed E-state index contributed by atoms with van der Waals surface area (Å²) < 4.78 is 0. The molecule has 2 nitrogen and oxygen atoms in total. The van der Waals surface area contributed by atoms with Crippen molar-refractivity contribution in [2.45, 2.75) is 55.0 Å². The van der Waals surface area contributed by atoms with E-state index in [1.54, 1.807) is 11.8 Å². The van der Waals surface area contributed by atoms with Gasteiger partial charge >= 0.3 is 0 Å². The first-order valence-electron chi connectivity index (χ1n) is 8.79. The molecule has 1 saturated heterocycles. The van der Waals surface area contributed by atoms with Gasteiger partial charge in [0.1, 0.15) is 5.03 Å². The van der Waals surface area contributed by atoms with E-state index in [0.717, 1.165) is 5.03 Å². The zero-order chi connectivity index (χ0) is 15.9. The monoisotopic (exact) mass is 326 g/mol. The third-order valence-electron chi connectivity index (χ3n) is 4.52. The average molecular weight is 327 g/mol. The standard InChI is InChI=1S/C20H26N2S/c1-2-3-14-22-15-8-7-11-19(22)17-12-13-20(21-16-17)23-18-9-5-4-6-10-18/h4-6,9-10,12-13,16,19H,2-3,7-8,11,14-15H2,1H3. The van der Waals surface area contributed by atoms with Crippen LogP contribution in [0, 0.1) is 0 Å². The molecule has 0 spiro atoms. The maximum absolute atomic E-state index is 4.70. The fraction of sp³-hybridized carbons (Fsp3) is 0.450. The second kappa shape index (κ2) is 8.51. The van der Waals surface area contributed by atoms with Crippen molar-refractivity contribution in [3.63, 3.8) is 0 Å². The van der Waals surface area contributed by atoms with E-state index in [0.29, 0.717) is 6.04 Å². The first-order chi connectivity index (χ1) is 11.4. The predicted molar refractivity (Wildman–Crippen MR) is 97.9 cm³/mol. The lowest BCUT2D eigenvalue weighted by molar-refractivity contribution is 0.146. The number of rotatable bonds is 6. The second-order valence-corrected chi connectivity index (χ2v) is 7.34. The van der Waals surface area contributed by atoms with Gasteiger partial charge in [0.15, 0.2) is 0 Å². The summed E-state index contributed by atoms with van der Waals surface area (Å²) >= 11 is 1.73. The first kappa shape index (κ1) is 16.5. The van der Waals surface area contributed by atoms with Crippen LogP contribution in [0.3, 0.4) is 0 Å². The Balaban J connectivity index is 1.67. The SMILES string of the molecule is CCCCN1CCCCC1c1ccc(Sc2ccccc2)nc1. The number of hydrogen-bond acceptors (Lipinski definition) is 3. The molecule has 0 bridgehead atoms. The number of aromatic nitrogens is 1. The van der Waals surface area contributed by atoms with E-state index < -0.39 is 0 Å². The number of piperidine rings is 1. The molecule has 122 valence electrons. The summed E-state index contributed by atoms with van der Waals surface area (Å²) in [6, 6.07) is 15.5.